The first kappa shape index (κ1) is 24.4. The Kier molecular flexibility index (Phi) is 8.92. The van der Waals surface area contributed by atoms with E-state index in [1.165, 1.54) is 6.42 Å². The minimum Gasteiger partial charge on any atom is -0.396 e. The van der Waals surface area contributed by atoms with Crippen LogP contribution in [0.4, 0.5) is 0 Å². The number of aryl methyl sites for hydroxylation is 1. The van der Waals surface area contributed by atoms with Crippen LogP contribution in [0.5, 0.6) is 0 Å². The SMILES string of the molecule is CCN=C(Cl)/C(C(=O)NCC1CCN(CCC(C)(C)C)CC1)=C(\N)c1cc(C)on1. The molecule has 1 amide bonds. The van der Waals surface area contributed by atoms with Gasteiger partial charge in [0.25, 0.3) is 5.91 Å². The number of carbonyl (C=O) groups excluding carboxylic acids is 1. The molecule has 7 nitrogen and oxygen atoms in total. The summed E-state index contributed by atoms with van der Waals surface area (Å²) in [6.07, 6.45) is 3.33. The monoisotopic (exact) mass is 437 g/mol. The van der Waals surface area contributed by atoms with Crippen molar-refractivity contribution in [2.45, 2.75) is 53.9 Å². The van der Waals surface area contributed by atoms with Crippen LogP contribution in [0.15, 0.2) is 21.2 Å². The van der Waals surface area contributed by atoms with Crippen molar-refractivity contribution >= 4 is 28.4 Å². The third-order valence-corrected chi connectivity index (χ3v) is 5.65. The van der Waals surface area contributed by atoms with Crippen molar-refractivity contribution in [2.75, 3.05) is 32.7 Å². The highest BCUT2D eigenvalue weighted by atomic mass is 35.5. The third-order valence-electron chi connectivity index (χ3n) is 5.34. The molecule has 0 aliphatic carbocycles. The van der Waals surface area contributed by atoms with Gasteiger partial charge >= 0.3 is 0 Å². The molecule has 8 heteroatoms. The predicted octanol–water partition coefficient (Wildman–Crippen LogP) is 3.57. The lowest BCUT2D eigenvalue weighted by Gasteiger charge is -2.33. The van der Waals surface area contributed by atoms with Gasteiger partial charge in [-0.25, -0.2) is 0 Å². The number of aliphatic imine (C=N–C) groups is 1. The minimum absolute atomic E-state index is 0.0881. The van der Waals surface area contributed by atoms with E-state index < -0.39 is 0 Å². The summed E-state index contributed by atoms with van der Waals surface area (Å²) in [7, 11) is 0. The van der Waals surface area contributed by atoms with E-state index in [1.807, 2.05) is 6.92 Å². The molecular weight excluding hydrogens is 402 g/mol. The normalized spacial score (nSPS) is 17.7. The third kappa shape index (κ3) is 7.43. The zero-order valence-electron chi connectivity index (χ0n) is 18.9. The molecule has 1 aliphatic heterocycles. The number of rotatable bonds is 8. The zero-order valence-corrected chi connectivity index (χ0v) is 19.7. The summed E-state index contributed by atoms with van der Waals surface area (Å²) >= 11 is 6.29. The number of halogens is 1. The maximum Gasteiger partial charge on any atom is 0.256 e. The molecule has 0 spiro atoms. The number of nitrogens with zero attached hydrogens (tertiary/aromatic N) is 3. The molecule has 1 aromatic heterocycles. The molecule has 1 saturated heterocycles. The lowest BCUT2D eigenvalue weighted by atomic mass is 9.91. The molecule has 168 valence electrons. The number of hydrogen-bond donors (Lipinski definition) is 2. The topological polar surface area (TPSA) is 96.8 Å². The Morgan fingerprint density at radius 3 is 2.60 bits per heavy atom. The lowest BCUT2D eigenvalue weighted by molar-refractivity contribution is -0.117. The fraction of sp³-hybridized carbons (Fsp3) is 0.682. The highest BCUT2D eigenvalue weighted by Crippen LogP contribution is 2.22. The molecule has 0 saturated carbocycles. The van der Waals surface area contributed by atoms with E-state index in [0.717, 1.165) is 32.5 Å². The van der Waals surface area contributed by atoms with Gasteiger partial charge in [0, 0.05) is 19.2 Å². The van der Waals surface area contributed by atoms with E-state index in [4.69, 9.17) is 21.9 Å². The molecule has 0 unspecified atom stereocenters. The van der Waals surface area contributed by atoms with Crippen LogP contribution in [0, 0.1) is 18.3 Å². The number of nitrogens with two attached hydrogens (primary N) is 1. The van der Waals surface area contributed by atoms with Gasteiger partial charge in [-0.2, -0.15) is 0 Å². The molecule has 1 aromatic rings. The van der Waals surface area contributed by atoms with Crippen molar-refractivity contribution in [3.63, 3.8) is 0 Å². The maximum atomic E-state index is 12.9. The second-order valence-corrected chi connectivity index (χ2v) is 9.54. The maximum absolute atomic E-state index is 12.9. The Labute approximate surface area is 185 Å². The number of hydrogen-bond acceptors (Lipinski definition) is 6. The number of piperidine rings is 1. The number of likely N-dealkylation sites (tertiary alicyclic amines) is 1. The molecule has 0 bridgehead atoms. The molecule has 30 heavy (non-hydrogen) atoms. The Hall–Kier alpha value is -1.86. The van der Waals surface area contributed by atoms with Gasteiger partial charge in [0.2, 0.25) is 0 Å². The van der Waals surface area contributed by atoms with Crippen molar-refractivity contribution in [3.05, 3.63) is 23.1 Å². The summed E-state index contributed by atoms with van der Waals surface area (Å²) in [5, 5.41) is 6.99. The van der Waals surface area contributed by atoms with Gasteiger partial charge in [-0.15, -0.1) is 0 Å². The second kappa shape index (κ2) is 11.0. The van der Waals surface area contributed by atoms with Gasteiger partial charge in [-0.05, 0) is 64.1 Å². The van der Waals surface area contributed by atoms with Gasteiger partial charge in [-0.3, -0.25) is 9.79 Å². The summed E-state index contributed by atoms with van der Waals surface area (Å²) in [6.45, 7) is 14.8. The van der Waals surface area contributed by atoms with E-state index in [1.54, 1.807) is 13.0 Å². The average Bonchev–Trinajstić information content (AvgIpc) is 3.11. The van der Waals surface area contributed by atoms with Crippen LogP contribution in [0.3, 0.4) is 0 Å². The number of nitrogens with one attached hydrogen (secondary N) is 1. The highest BCUT2D eigenvalue weighted by Gasteiger charge is 2.24. The van der Waals surface area contributed by atoms with Gasteiger partial charge in [-0.1, -0.05) is 37.5 Å². The predicted molar refractivity (Wildman–Crippen MR) is 122 cm³/mol. The molecule has 0 atom stereocenters. The highest BCUT2D eigenvalue weighted by molar-refractivity contribution is 6.73. The lowest BCUT2D eigenvalue weighted by Crippen LogP contribution is -2.40. The number of amides is 1. The molecule has 1 aliphatic rings. The van der Waals surface area contributed by atoms with Crippen molar-refractivity contribution in [1.29, 1.82) is 0 Å². The summed E-state index contributed by atoms with van der Waals surface area (Å²) < 4.78 is 5.08. The molecular formula is C22H36ClN5O2. The Bertz CT molecular complexity index is 771. The number of aromatic nitrogens is 1. The molecule has 1 fully saturated rings. The van der Waals surface area contributed by atoms with Crippen LogP contribution in [-0.4, -0.2) is 53.9 Å². The van der Waals surface area contributed by atoms with E-state index >= 15 is 0 Å². The summed E-state index contributed by atoms with van der Waals surface area (Å²) in [5.74, 6) is 0.721. The van der Waals surface area contributed by atoms with Crippen molar-refractivity contribution in [2.24, 2.45) is 22.1 Å². The molecule has 0 aromatic carbocycles. The standard InChI is InChI=1S/C22H36ClN5O2/c1-6-25-20(23)18(19(24)17-13-15(2)30-27-17)21(29)26-14-16-7-10-28(11-8-16)12-9-22(3,4)5/h13,16H,6-12,14,24H2,1-5H3,(H,26,29)/b19-18+,25-20?. The first-order valence-corrected chi connectivity index (χ1v) is 11.1. The van der Waals surface area contributed by atoms with Crippen molar-refractivity contribution in [3.8, 4) is 0 Å². The Morgan fingerprint density at radius 2 is 2.07 bits per heavy atom. The quantitative estimate of drug-likeness (QED) is 0.478. The van der Waals surface area contributed by atoms with Gasteiger partial charge in [0.15, 0.2) is 0 Å². The number of carbonyl (C=O) groups is 1. The van der Waals surface area contributed by atoms with Crippen LogP contribution in [0.1, 0.15) is 58.4 Å². The summed E-state index contributed by atoms with van der Waals surface area (Å²) in [4.78, 5) is 19.6. The summed E-state index contributed by atoms with van der Waals surface area (Å²) in [6, 6.07) is 1.67. The van der Waals surface area contributed by atoms with Gasteiger partial charge < -0.3 is 20.5 Å². The van der Waals surface area contributed by atoms with Crippen LogP contribution in [0.25, 0.3) is 5.70 Å². The van der Waals surface area contributed by atoms with Gasteiger partial charge in [0.1, 0.15) is 22.2 Å². The molecule has 3 N–H and O–H groups in total. The van der Waals surface area contributed by atoms with E-state index in [2.05, 4.69) is 41.1 Å². The van der Waals surface area contributed by atoms with Crippen LogP contribution in [-0.2, 0) is 4.79 Å². The molecule has 2 rings (SSSR count). The Morgan fingerprint density at radius 1 is 1.40 bits per heavy atom. The molecule has 2 heterocycles. The zero-order chi connectivity index (χ0) is 22.3. The van der Waals surface area contributed by atoms with E-state index in [-0.39, 0.29) is 22.3 Å². The van der Waals surface area contributed by atoms with Crippen LogP contribution in [0.2, 0.25) is 0 Å². The second-order valence-electron chi connectivity index (χ2n) is 9.18. The first-order valence-electron chi connectivity index (χ1n) is 10.7. The molecule has 0 radical (unpaired) electrons. The summed E-state index contributed by atoms with van der Waals surface area (Å²) in [5.41, 5.74) is 7.26. The van der Waals surface area contributed by atoms with Crippen LogP contribution < -0.4 is 11.1 Å². The first-order chi connectivity index (χ1) is 14.1. The van der Waals surface area contributed by atoms with E-state index in [9.17, 15) is 4.79 Å². The fourth-order valence-corrected chi connectivity index (χ4v) is 3.71. The van der Waals surface area contributed by atoms with Gasteiger partial charge in [0.05, 0.1) is 5.70 Å². The average molecular weight is 438 g/mol. The largest absolute Gasteiger partial charge is 0.396 e. The Balaban J connectivity index is 1.96. The fourth-order valence-electron chi connectivity index (χ4n) is 3.40. The smallest absolute Gasteiger partial charge is 0.256 e. The minimum atomic E-state index is -0.328. The van der Waals surface area contributed by atoms with Crippen molar-refractivity contribution in [1.82, 2.24) is 15.4 Å². The van der Waals surface area contributed by atoms with Crippen LogP contribution >= 0.6 is 11.6 Å². The van der Waals surface area contributed by atoms with E-state index in [0.29, 0.717) is 35.9 Å². The van der Waals surface area contributed by atoms with Crippen molar-refractivity contribution < 1.29 is 9.32 Å².